The lowest BCUT2D eigenvalue weighted by Gasteiger charge is -2.06. The lowest BCUT2D eigenvalue weighted by atomic mass is 9.98. The summed E-state index contributed by atoms with van der Waals surface area (Å²) in [6, 6.07) is 19.1. The fraction of sp³-hybridized carbons (Fsp3) is 0.188. The van der Waals surface area contributed by atoms with Crippen LogP contribution in [0.15, 0.2) is 54.6 Å². The van der Waals surface area contributed by atoms with Crippen LogP contribution >= 0.6 is 0 Å². The number of aliphatic carboxylic acids is 1. The summed E-state index contributed by atoms with van der Waals surface area (Å²) >= 11 is 0. The lowest BCUT2D eigenvalue weighted by molar-refractivity contribution is -0.134. The van der Waals surface area contributed by atoms with E-state index in [0.717, 1.165) is 13.3 Å². The van der Waals surface area contributed by atoms with Crippen LogP contribution in [0.25, 0.3) is 11.1 Å². The molecule has 0 aromatic heterocycles. The summed E-state index contributed by atoms with van der Waals surface area (Å²) < 4.78 is 0. The third kappa shape index (κ3) is 4.42. The second-order valence-electron chi connectivity index (χ2n) is 3.90. The molecule has 0 bridgehead atoms. The third-order valence-electron chi connectivity index (χ3n) is 2.48. The molecular weight excluding hydrogens is 224 g/mol. The van der Waals surface area contributed by atoms with Crippen LogP contribution < -0.4 is 0 Å². The molecule has 0 amide bonds. The Morgan fingerprint density at radius 2 is 1.50 bits per heavy atom. The van der Waals surface area contributed by atoms with Gasteiger partial charge in [0.05, 0.1) is 0 Å². The van der Waals surface area contributed by atoms with Crippen molar-refractivity contribution in [1.29, 1.82) is 0 Å². The minimum atomic E-state index is -0.833. The average Bonchev–Trinajstić information content (AvgIpc) is 2.39. The molecule has 18 heavy (non-hydrogen) atoms. The van der Waals surface area contributed by atoms with E-state index in [2.05, 4.69) is 61.5 Å². The van der Waals surface area contributed by atoms with Crippen LogP contribution in [0.3, 0.4) is 0 Å². The van der Waals surface area contributed by atoms with Crippen molar-refractivity contribution < 1.29 is 9.90 Å². The molecule has 0 unspecified atom stereocenters. The van der Waals surface area contributed by atoms with Gasteiger partial charge >= 0.3 is 0 Å². The van der Waals surface area contributed by atoms with Gasteiger partial charge < -0.3 is 5.11 Å². The van der Waals surface area contributed by atoms with Gasteiger partial charge in [-0.25, -0.2) is 0 Å². The van der Waals surface area contributed by atoms with Crippen molar-refractivity contribution >= 4 is 5.97 Å². The monoisotopic (exact) mass is 242 g/mol. The van der Waals surface area contributed by atoms with Gasteiger partial charge in [0.2, 0.25) is 0 Å². The summed E-state index contributed by atoms with van der Waals surface area (Å²) in [6.45, 7) is 3.28. The van der Waals surface area contributed by atoms with Crippen molar-refractivity contribution in [2.24, 2.45) is 0 Å². The predicted octanol–water partition coefficient (Wildman–Crippen LogP) is 4.01. The van der Waals surface area contributed by atoms with Gasteiger partial charge in [0.15, 0.2) is 0 Å². The smallest absolute Gasteiger partial charge is 0.300 e. The Morgan fingerprint density at radius 1 is 1.00 bits per heavy atom. The number of aryl methyl sites for hydroxylation is 1. The lowest BCUT2D eigenvalue weighted by Crippen LogP contribution is -1.85. The SMILES string of the molecule is CC(=O)O.CCc1ccccc1-c1ccccc1. The zero-order valence-electron chi connectivity index (χ0n) is 10.8. The van der Waals surface area contributed by atoms with Crippen molar-refractivity contribution in [2.45, 2.75) is 20.3 Å². The molecule has 0 saturated carbocycles. The number of carboxylic acid groups (broad SMARTS) is 1. The molecule has 0 saturated heterocycles. The molecule has 0 atom stereocenters. The zero-order chi connectivity index (χ0) is 13.4. The molecule has 0 fully saturated rings. The highest BCUT2D eigenvalue weighted by atomic mass is 16.4. The first-order chi connectivity index (χ1) is 8.65. The van der Waals surface area contributed by atoms with Crippen LogP contribution in [0, 0.1) is 0 Å². The van der Waals surface area contributed by atoms with Gasteiger partial charge in [-0.05, 0) is 23.1 Å². The molecule has 0 spiro atoms. The van der Waals surface area contributed by atoms with Gasteiger partial charge in [-0.15, -0.1) is 0 Å². The second-order valence-corrected chi connectivity index (χ2v) is 3.90. The highest BCUT2D eigenvalue weighted by Gasteiger charge is 2.00. The topological polar surface area (TPSA) is 37.3 Å². The van der Waals surface area contributed by atoms with Gasteiger partial charge in [0.25, 0.3) is 5.97 Å². The average molecular weight is 242 g/mol. The summed E-state index contributed by atoms with van der Waals surface area (Å²) in [7, 11) is 0. The van der Waals surface area contributed by atoms with Crippen LogP contribution in [0.1, 0.15) is 19.4 Å². The first kappa shape index (κ1) is 14.0. The molecule has 0 aliphatic heterocycles. The maximum Gasteiger partial charge on any atom is 0.300 e. The standard InChI is InChI=1S/C14H14.C2H4O2/c1-2-12-8-6-7-11-14(12)13-9-4-3-5-10-13;1-2(3)4/h3-11H,2H2,1H3;1H3,(H,3,4). The molecule has 2 nitrogen and oxygen atoms in total. The quantitative estimate of drug-likeness (QED) is 0.864. The normalized spacial score (nSPS) is 9.22. The number of carboxylic acids is 1. The van der Waals surface area contributed by atoms with Gasteiger partial charge in [-0.2, -0.15) is 0 Å². The number of rotatable bonds is 2. The van der Waals surface area contributed by atoms with E-state index in [1.54, 1.807) is 0 Å². The summed E-state index contributed by atoms with van der Waals surface area (Å²) in [5.74, 6) is -0.833. The van der Waals surface area contributed by atoms with E-state index < -0.39 is 5.97 Å². The van der Waals surface area contributed by atoms with Crippen LogP contribution in [-0.4, -0.2) is 11.1 Å². The minimum absolute atomic E-state index is 0.833. The Kier molecular flexibility index (Phi) is 5.65. The van der Waals surface area contributed by atoms with Crippen molar-refractivity contribution in [3.8, 4) is 11.1 Å². The van der Waals surface area contributed by atoms with Crippen molar-refractivity contribution in [1.82, 2.24) is 0 Å². The van der Waals surface area contributed by atoms with Crippen LogP contribution in [0.5, 0.6) is 0 Å². The fourth-order valence-corrected chi connectivity index (χ4v) is 1.73. The van der Waals surface area contributed by atoms with E-state index in [9.17, 15) is 0 Å². The number of hydrogen-bond acceptors (Lipinski definition) is 1. The fourth-order valence-electron chi connectivity index (χ4n) is 1.73. The van der Waals surface area contributed by atoms with Gasteiger partial charge in [0, 0.05) is 6.92 Å². The first-order valence-corrected chi connectivity index (χ1v) is 5.98. The van der Waals surface area contributed by atoms with E-state index in [-0.39, 0.29) is 0 Å². The number of benzene rings is 2. The van der Waals surface area contributed by atoms with Crippen LogP contribution in [0.2, 0.25) is 0 Å². The largest absolute Gasteiger partial charge is 0.481 e. The molecular formula is C16H18O2. The maximum atomic E-state index is 9.00. The molecule has 94 valence electrons. The second kappa shape index (κ2) is 7.28. The molecule has 2 aromatic carbocycles. The molecule has 0 heterocycles. The first-order valence-electron chi connectivity index (χ1n) is 5.98. The third-order valence-corrected chi connectivity index (χ3v) is 2.48. The minimum Gasteiger partial charge on any atom is -0.481 e. The molecule has 0 aliphatic rings. The summed E-state index contributed by atoms with van der Waals surface area (Å²) in [4.78, 5) is 9.00. The van der Waals surface area contributed by atoms with Crippen molar-refractivity contribution in [2.75, 3.05) is 0 Å². The van der Waals surface area contributed by atoms with Crippen LogP contribution in [-0.2, 0) is 11.2 Å². The van der Waals surface area contributed by atoms with Gasteiger partial charge in [-0.1, -0.05) is 61.5 Å². The molecule has 0 aliphatic carbocycles. The summed E-state index contributed by atoms with van der Waals surface area (Å²) in [5, 5.41) is 7.42. The summed E-state index contributed by atoms with van der Waals surface area (Å²) in [6.07, 6.45) is 1.09. The molecule has 1 N–H and O–H groups in total. The Bertz CT molecular complexity index is 485. The van der Waals surface area contributed by atoms with E-state index in [1.165, 1.54) is 16.7 Å². The molecule has 2 heteroatoms. The van der Waals surface area contributed by atoms with E-state index >= 15 is 0 Å². The van der Waals surface area contributed by atoms with Gasteiger partial charge in [0.1, 0.15) is 0 Å². The van der Waals surface area contributed by atoms with E-state index in [4.69, 9.17) is 9.90 Å². The Hall–Kier alpha value is -2.09. The Balaban J connectivity index is 0.000000357. The van der Waals surface area contributed by atoms with E-state index in [0.29, 0.717) is 0 Å². The highest BCUT2D eigenvalue weighted by Crippen LogP contribution is 2.23. The van der Waals surface area contributed by atoms with Crippen molar-refractivity contribution in [3.05, 3.63) is 60.2 Å². The van der Waals surface area contributed by atoms with Crippen LogP contribution in [0.4, 0.5) is 0 Å². The molecule has 2 rings (SSSR count). The number of carbonyl (C=O) groups is 1. The van der Waals surface area contributed by atoms with Gasteiger partial charge in [-0.3, -0.25) is 4.79 Å². The number of hydrogen-bond donors (Lipinski definition) is 1. The highest BCUT2D eigenvalue weighted by molar-refractivity contribution is 5.67. The molecule has 0 radical (unpaired) electrons. The van der Waals surface area contributed by atoms with Crippen molar-refractivity contribution in [3.63, 3.8) is 0 Å². The Labute approximate surface area is 108 Å². The summed E-state index contributed by atoms with van der Waals surface area (Å²) in [5.41, 5.74) is 4.08. The maximum absolute atomic E-state index is 9.00. The zero-order valence-corrected chi connectivity index (χ0v) is 10.8. The Morgan fingerprint density at radius 3 is 2.06 bits per heavy atom. The predicted molar refractivity (Wildman–Crippen MR) is 74.6 cm³/mol. The molecule has 2 aromatic rings. The van der Waals surface area contributed by atoms with E-state index in [1.807, 2.05) is 0 Å².